The average Bonchev–Trinajstić information content (AvgIpc) is 3.34. The summed E-state index contributed by atoms with van der Waals surface area (Å²) in [5.74, 6) is -3.54. The van der Waals surface area contributed by atoms with Gasteiger partial charge in [-0.15, -0.1) is 0 Å². The predicted octanol–water partition coefficient (Wildman–Crippen LogP) is 1.36. The first-order valence-electron chi connectivity index (χ1n) is 10.5. The molecule has 0 aliphatic carbocycles. The van der Waals surface area contributed by atoms with Crippen molar-refractivity contribution in [2.75, 3.05) is 25.6 Å². The summed E-state index contributed by atoms with van der Waals surface area (Å²) >= 11 is 6.24. The van der Waals surface area contributed by atoms with Gasteiger partial charge in [-0.2, -0.15) is 0 Å². The van der Waals surface area contributed by atoms with Gasteiger partial charge in [-0.3, -0.25) is 24.6 Å². The van der Waals surface area contributed by atoms with Crippen LogP contribution in [0.2, 0.25) is 5.02 Å². The van der Waals surface area contributed by atoms with Gasteiger partial charge in [-0.1, -0.05) is 17.7 Å². The van der Waals surface area contributed by atoms with E-state index in [0.29, 0.717) is 21.8 Å². The van der Waals surface area contributed by atoms with E-state index in [1.165, 1.54) is 24.1 Å². The summed E-state index contributed by atoms with van der Waals surface area (Å²) in [5, 5.41) is 26.1. The monoisotopic (exact) mass is 471 g/mol. The fourth-order valence-electron chi connectivity index (χ4n) is 5.36. The van der Waals surface area contributed by atoms with Crippen molar-refractivity contribution in [3.05, 3.63) is 52.5 Å². The van der Waals surface area contributed by atoms with Crippen LogP contribution in [-0.4, -0.2) is 59.1 Å². The molecule has 3 aliphatic rings. The van der Waals surface area contributed by atoms with Crippen molar-refractivity contribution in [1.29, 1.82) is 0 Å². The van der Waals surface area contributed by atoms with Crippen LogP contribution in [0.1, 0.15) is 11.1 Å². The highest BCUT2D eigenvalue weighted by molar-refractivity contribution is 6.31. The normalized spacial score (nSPS) is 27.9. The third-order valence-electron chi connectivity index (χ3n) is 6.78. The first kappa shape index (κ1) is 21.7. The van der Waals surface area contributed by atoms with E-state index in [4.69, 9.17) is 16.3 Å². The van der Waals surface area contributed by atoms with Gasteiger partial charge >= 0.3 is 0 Å². The first-order chi connectivity index (χ1) is 15.8. The fourth-order valence-corrected chi connectivity index (χ4v) is 5.53. The van der Waals surface area contributed by atoms with Gasteiger partial charge in [-0.05, 0) is 42.3 Å². The van der Waals surface area contributed by atoms with Crippen molar-refractivity contribution in [2.45, 2.75) is 18.0 Å². The molecule has 4 N–H and O–H groups in total. The van der Waals surface area contributed by atoms with Crippen LogP contribution < -0.4 is 10.6 Å². The Labute approximate surface area is 194 Å². The van der Waals surface area contributed by atoms with E-state index in [2.05, 4.69) is 10.6 Å². The molecule has 10 heteroatoms. The number of phenolic OH excluding ortho intramolecular Hbond substituents is 2. The van der Waals surface area contributed by atoms with E-state index in [1.54, 1.807) is 24.3 Å². The Kier molecular flexibility index (Phi) is 5.08. The molecule has 9 nitrogen and oxygen atoms in total. The molecule has 0 radical (unpaired) electrons. The molecular weight excluding hydrogens is 450 g/mol. The number of halogens is 1. The number of methoxy groups -OCH3 is 1. The van der Waals surface area contributed by atoms with Crippen LogP contribution in [0.3, 0.4) is 0 Å². The molecule has 0 saturated carbocycles. The molecule has 0 bridgehead atoms. The smallest absolute Gasteiger partial charge is 0.250 e. The second-order valence-corrected chi connectivity index (χ2v) is 8.99. The molecule has 172 valence electrons. The fraction of sp³-hybridized carbons (Fsp3) is 0.348. The number of carbonyl (C=O) groups excluding carboxylic acids is 3. The Morgan fingerprint density at radius 1 is 1.09 bits per heavy atom. The van der Waals surface area contributed by atoms with Crippen LogP contribution in [0.25, 0.3) is 0 Å². The Balaban J connectivity index is 1.61. The molecule has 0 unspecified atom stereocenters. The van der Waals surface area contributed by atoms with E-state index in [1.807, 2.05) is 0 Å². The maximum Gasteiger partial charge on any atom is 0.250 e. The molecule has 2 aromatic rings. The van der Waals surface area contributed by atoms with Gasteiger partial charge < -0.3 is 20.3 Å². The highest BCUT2D eigenvalue weighted by Crippen LogP contribution is 2.53. The molecule has 2 fully saturated rings. The largest absolute Gasteiger partial charge is 0.504 e. The molecule has 2 aromatic carbocycles. The Hall–Kier alpha value is -3.14. The van der Waals surface area contributed by atoms with Crippen molar-refractivity contribution >= 4 is 35.0 Å². The van der Waals surface area contributed by atoms with E-state index in [-0.39, 0.29) is 37.0 Å². The number of nitrogens with one attached hydrogen (secondary N) is 2. The van der Waals surface area contributed by atoms with Crippen LogP contribution in [0.4, 0.5) is 5.69 Å². The third-order valence-corrected chi connectivity index (χ3v) is 7.02. The van der Waals surface area contributed by atoms with Gasteiger partial charge in [0, 0.05) is 29.4 Å². The number of anilines is 1. The molecule has 3 heterocycles. The predicted molar refractivity (Wildman–Crippen MR) is 118 cm³/mol. The van der Waals surface area contributed by atoms with Crippen molar-refractivity contribution in [1.82, 2.24) is 10.2 Å². The van der Waals surface area contributed by atoms with E-state index >= 15 is 0 Å². The number of imide groups is 1. The van der Waals surface area contributed by atoms with Crippen LogP contribution in [0.15, 0.2) is 36.4 Å². The molecule has 3 aliphatic heterocycles. The standard InChI is InChI=1S/C23H22ClN3O6/c1-33-7-6-27-20(30)18-15(8-11-2-5-16(28)17(29)9-11)26-23(19(18)21(27)31)13-10-12(24)3-4-14(13)25-22(23)32/h2-5,9-10,15,18-19,26,28-29H,6-8H2,1H3,(H,25,32)/t15-,18+,19+,23-/m0/s1. The topological polar surface area (TPSA) is 128 Å². The minimum absolute atomic E-state index is 0.0913. The van der Waals surface area contributed by atoms with Crippen molar-refractivity contribution in [3.63, 3.8) is 0 Å². The number of ether oxygens (including phenoxy) is 1. The van der Waals surface area contributed by atoms with E-state index in [0.717, 1.165) is 0 Å². The molecule has 5 rings (SSSR count). The minimum atomic E-state index is -1.46. The number of phenols is 2. The Morgan fingerprint density at radius 3 is 2.61 bits per heavy atom. The number of fused-ring (bicyclic) bond motifs is 4. The summed E-state index contributed by atoms with van der Waals surface area (Å²) in [6, 6.07) is 8.77. The number of amides is 3. The SMILES string of the molecule is COCCN1C(=O)[C@@H]2[C@H](Cc3ccc(O)c(O)c3)N[C@]3(C(=O)Nc4ccc(Cl)cc43)[C@H]2C1=O. The highest BCUT2D eigenvalue weighted by Gasteiger charge is 2.70. The van der Waals surface area contributed by atoms with Crippen molar-refractivity contribution in [3.8, 4) is 11.5 Å². The van der Waals surface area contributed by atoms with Crippen molar-refractivity contribution < 1.29 is 29.3 Å². The van der Waals surface area contributed by atoms with Crippen LogP contribution >= 0.6 is 11.6 Å². The number of benzene rings is 2. The lowest BCUT2D eigenvalue weighted by Crippen LogP contribution is -2.53. The highest BCUT2D eigenvalue weighted by atomic mass is 35.5. The zero-order chi connectivity index (χ0) is 23.5. The number of nitrogens with zero attached hydrogens (tertiary/aromatic N) is 1. The molecule has 2 saturated heterocycles. The summed E-state index contributed by atoms with van der Waals surface area (Å²) in [6.45, 7) is 0.274. The Bertz CT molecular complexity index is 1190. The second-order valence-electron chi connectivity index (χ2n) is 8.55. The molecule has 0 aromatic heterocycles. The zero-order valence-corrected chi connectivity index (χ0v) is 18.4. The average molecular weight is 472 g/mol. The van der Waals surface area contributed by atoms with Gasteiger partial charge in [-0.25, -0.2) is 0 Å². The molecular formula is C23H22ClN3O6. The minimum Gasteiger partial charge on any atom is -0.504 e. The number of likely N-dealkylation sites (tertiary alicyclic amines) is 1. The lowest BCUT2D eigenvalue weighted by Gasteiger charge is -2.29. The maximum atomic E-state index is 13.5. The van der Waals surface area contributed by atoms with Gasteiger partial charge in [0.25, 0.3) is 0 Å². The summed E-state index contributed by atoms with van der Waals surface area (Å²) in [6.07, 6.45) is 0.247. The molecule has 33 heavy (non-hydrogen) atoms. The summed E-state index contributed by atoms with van der Waals surface area (Å²) < 4.78 is 5.07. The van der Waals surface area contributed by atoms with E-state index in [9.17, 15) is 24.6 Å². The molecule has 3 amide bonds. The first-order valence-corrected chi connectivity index (χ1v) is 10.9. The van der Waals surface area contributed by atoms with Crippen molar-refractivity contribution in [2.24, 2.45) is 11.8 Å². The van der Waals surface area contributed by atoms with Gasteiger partial charge in [0.1, 0.15) is 5.54 Å². The number of hydrogen-bond acceptors (Lipinski definition) is 7. The number of carbonyl (C=O) groups is 3. The van der Waals surface area contributed by atoms with E-state index < -0.39 is 35.2 Å². The molecule has 1 spiro atoms. The van der Waals surface area contributed by atoms with Gasteiger partial charge in [0.2, 0.25) is 17.7 Å². The lowest BCUT2D eigenvalue weighted by atomic mass is 9.76. The molecule has 4 atom stereocenters. The zero-order valence-electron chi connectivity index (χ0n) is 17.7. The van der Waals surface area contributed by atoms with Crippen LogP contribution in [-0.2, 0) is 31.1 Å². The van der Waals surface area contributed by atoms with Gasteiger partial charge in [0.05, 0.1) is 25.0 Å². The lowest BCUT2D eigenvalue weighted by molar-refractivity contribution is -0.143. The number of aromatic hydroxyl groups is 2. The van der Waals surface area contributed by atoms with Crippen LogP contribution in [0, 0.1) is 11.8 Å². The number of rotatable bonds is 5. The third kappa shape index (κ3) is 3.11. The number of hydrogen-bond donors (Lipinski definition) is 4. The summed E-state index contributed by atoms with van der Waals surface area (Å²) in [4.78, 5) is 41.5. The Morgan fingerprint density at radius 2 is 1.88 bits per heavy atom. The quantitative estimate of drug-likeness (QED) is 0.383. The maximum absolute atomic E-state index is 13.5. The van der Waals surface area contributed by atoms with Crippen LogP contribution in [0.5, 0.6) is 11.5 Å². The second kappa shape index (κ2) is 7.72. The summed E-state index contributed by atoms with van der Waals surface area (Å²) in [5.41, 5.74) is 0.247. The van der Waals surface area contributed by atoms with Gasteiger partial charge in [0.15, 0.2) is 11.5 Å². The summed E-state index contributed by atoms with van der Waals surface area (Å²) in [7, 11) is 1.48.